The SMILES string of the molecule is Cc1ccc2c(ccn2Cc2ccc([N+](=O)[O-])c(F)c2)c1. The van der Waals surface area contributed by atoms with Crippen LogP contribution in [0.5, 0.6) is 0 Å². The van der Waals surface area contributed by atoms with E-state index in [2.05, 4.69) is 6.07 Å². The van der Waals surface area contributed by atoms with E-state index in [0.29, 0.717) is 12.1 Å². The molecular formula is C16H13FN2O2. The van der Waals surface area contributed by atoms with Crippen molar-refractivity contribution in [1.82, 2.24) is 4.57 Å². The zero-order valence-corrected chi connectivity index (χ0v) is 11.4. The van der Waals surface area contributed by atoms with Crippen molar-refractivity contribution in [3.05, 3.63) is 75.7 Å². The summed E-state index contributed by atoms with van der Waals surface area (Å²) in [6.07, 6.45) is 1.93. The molecule has 2 aromatic carbocycles. The van der Waals surface area contributed by atoms with E-state index in [-0.39, 0.29) is 0 Å². The minimum Gasteiger partial charge on any atom is -0.343 e. The summed E-state index contributed by atoms with van der Waals surface area (Å²) in [5.41, 5.74) is 2.43. The molecule has 0 bridgehead atoms. The molecule has 0 aliphatic heterocycles. The lowest BCUT2D eigenvalue weighted by atomic mass is 10.1. The normalized spacial score (nSPS) is 11.0. The summed E-state index contributed by atoms with van der Waals surface area (Å²) in [7, 11) is 0. The molecule has 1 heterocycles. The largest absolute Gasteiger partial charge is 0.343 e. The summed E-state index contributed by atoms with van der Waals surface area (Å²) in [5.74, 6) is -0.801. The van der Waals surface area contributed by atoms with Crippen molar-refractivity contribution in [2.75, 3.05) is 0 Å². The lowest BCUT2D eigenvalue weighted by Gasteiger charge is -2.06. The highest BCUT2D eigenvalue weighted by Crippen LogP contribution is 2.21. The third-order valence-electron chi connectivity index (χ3n) is 3.49. The number of hydrogen-bond acceptors (Lipinski definition) is 2. The smallest absolute Gasteiger partial charge is 0.304 e. The number of rotatable bonds is 3. The lowest BCUT2D eigenvalue weighted by molar-refractivity contribution is -0.387. The van der Waals surface area contributed by atoms with Crippen molar-refractivity contribution < 1.29 is 9.31 Å². The van der Waals surface area contributed by atoms with Gasteiger partial charge in [-0.2, -0.15) is 4.39 Å². The van der Waals surface area contributed by atoms with E-state index in [1.807, 2.05) is 35.9 Å². The number of aromatic nitrogens is 1. The Morgan fingerprint density at radius 1 is 1.19 bits per heavy atom. The van der Waals surface area contributed by atoms with Crippen LogP contribution in [-0.2, 0) is 6.54 Å². The Labute approximate surface area is 120 Å². The molecule has 0 N–H and O–H groups in total. The van der Waals surface area contributed by atoms with E-state index in [4.69, 9.17) is 0 Å². The van der Waals surface area contributed by atoms with Crippen LogP contribution < -0.4 is 0 Å². The van der Waals surface area contributed by atoms with Gasteiger partial charge in [-0.1, -0.05) is 17.7 Å². The number of benzene rings is 2. The molecule has 3 rings (SSSR count). The van der Waals surface area contributed by atoms with E-state index >= 15 is 0 Å². The summed E-state index contributed by atoms with van der Waals surface area (Å²) >= 11 is 0. The monoisotopic (exact) mass is 284 g/mol. The Bertz CT molecular complexity index is 839. The van der Waals surface area contributed by atoms with E-state index < -0.39 is 16.4 Å². The van der Waals surface area contributed by atoms with E-state index in [1.54, 1.807) is 6.07 Å². The molecule has 21 heavy (non-hydrogen) atoms. The van der Waals surface area contributed by atoms with Crippen molar-refractivity contribution in [2.24, 2.45) is 0 Å². The van der Waals surface area contributed by atoms with E-state index in [1.165, 1.54) is 17.7 Å². The van der Waals surface area contributed by atoms with Crippen LogP contribution in [0.3, 0.4) is 0 Å². The molecule has 0 fully saturated rings. The van der Waals surface area contributed by atoms with Gasteiger partial charge in [0.15, 0.2) is 0 Å². The Hall–Kier alpha value is -2.69. The number of nitrogens with zero attached hydrogens (tertiary/aromatic N) is 2. The number of nitro groups is 1. The first-order chi connectivity index (χ1) is 10.0. The Morgan fingerprint density at radius 2 is 2.00 bits per heavy atom. The van der Waals surface area contributed by atoms with Crippen molar-refractivity contribution in [1.29, 1.82) is 0 Å². The highest BCUT2D eigenvalue weighted by atomic mass is 19.1. The first-order valence-corrected chi connectivity index (χ1v) is 6.53. The quantitative estimate of drug-likeness (QED) is 0.538. The molecule has 5 heteroatoms. The number of nitro benzene ring substituents is 1. The van der Waals surface area contributed by atoms with Crippen LogP contribution >= 0.6 is 0 Å². The van der Waals surface area contributed by atoms with E-state index in [9.17, 15) is 14.5 Å². The van der Waals surface area contributed by atoms with Crippen LogP contribution in [-0.4, -0.2) is 9.49 Å². The average molecular weight is 284 g/mol. The highest BCUT2D eigenvalue weighted by Gasteiger charge is 2.14. The zero-order chi connectivity index (χ0) is 15.0. The fourth-order valence-corrected chi connectivity index (χ4v) is 2.45. The Balaban J connectivity index is 1.95. The summed E-state index contributed by atoms with van der Waals surface area (Å²) in [6, 6.07) is 12.1. The summed E-state index contributed by atoms with van der Waals surface area (Å²) in [5, 5.41) is 11.7. The fraction of sp³-hybridized carbons (Fsp3) is 0.125. The van der Waals surface area contributed by atoms with Crippen LogP contribution in [0.15, 0.2) is 48.7 Å². The molecule has 0 atom stereocenters. The maximum absolute atomic E-state index is 13.6. The first-order valence-electron chi connectivity index (χ1n) is 6.53. The second-order valence-electron chi connectivity index (χ2n) is 5.05. The number of halogens is 1. The number of hydrogen-bond donors (Lipinski definition) is 0. The lowest BCUT2D eigenvalue weighted by Crippen LogP contribution is -2.00. The van der Waals surface area contributed by atoms with Gasteiger partial charge in [0.05, 0.1) is 4.92 Å². The first kappa shape index (κ1) is 13.3. The maximum atomic E-state index is 13.6. The maximum Gasteiger partial charge on any atom is 0.304 e. The van der Waals surface area contributed by atoms with Crippen LogP contribution in [0, 0.1) is 22.9 Å². The van der Waals surface area contributed by atoms with Crippen molar-refractivity contribution in [3.8, 4) is 0 Å². The molecule has 1 aromatic heterocycles. The molecule has 0 spiro atoms. The predicted octanol–water partition coefficient (Wildman–Crippen LogP) is 4.05. The number of fused-ring (bicyclic) bond motifs is 1. The van der Waals surface area contributed by atoms with Crippen LogP contribution in [0.1, 0.15) is 11.1 Å². The van der Waals surface area contributed by atoms with Crippen LogP contribution in [0.25, 0.3) is 10.9 Å². The molecule has 0 radical (unpaired) electrons. The van der Waals surface area contributed by atoms with Gasteiger partial charge in [-0.05, 0) is 42.1 Å². The van der Waals surface area contributed by atoms with Crippen LogP contribution in [0.2, 0.25) is 0 Å². The minimum absolute atomic E-state index is 0.474. The number of aryl methyl sites for hydroxylation is 1. The Kier molecular flexibility index (Phi) is 3.17. The summed E-state index contributed by atoms with van der Waals surface area (Å²) in [4.78, 5) is 9.90. The van der Waals surface area contributed by atoms with Crippen molar-refractivity contribution in [3.63, 3.8) is 0 Å². The summed E-state index contributed by atoms with van der Waals surface area (Å²) in [6.45, 7) is 2.50. The molecule has 4 nitrogen and oxygen atoms in total. The molecule has 0 saturated carbocycles. The van der Waals surface area contributed by atoms with Gasteiger partial charge in [-0.25, -0.2) is 0 Å². The van der Waals surface area contributed by atoms with Gasteiger partial charge in [0, 0.05) is 24.3 Å². The molecule has 0 aliphatic carbocycles. The van der Waals surface area contributed by atoms with Gasteiger partial charge in [-0.15, -0.1) is 0 Å². The second-order valence-corrected chi connectivity index (χ2v) is 5.05. The minimum atomic E-state index is -0.801. The van der Waals surface area contributed by atoms with Crippen LogP contribution in [0.4, 0.5) is 10.1 Å². The van der Waals surface area contributed by atoms with Gasteiger partial charge in [0.25, 0.3) is 0 Å². The molecular weight excluding hydrogens is 271 g/mol. The van der Waals surface area contributed by atoms with Gasteiger partial charge in [-0.3, -0.25) is 10.1 Å². The van der Waals surface area contributed by atoms with Gasteiger partial charge in [0.1, 0.15) is 0 Å². The molecule has 0 saturated heterocycles. The molecule has 3 aromatic rings. The standard InChI is InChI=1S/C16H13FN2O2/c1-11-2-4-15-13(8-11)6-7-18(15)10-12-3-5-16(19(20)21)14(17)9-12/h2-9H,10H2,1H3. The third-order valence-corrected chi connectivity index (χ3v) is 3.49. The van der Waals surface area contributed by atoms with Gasteiger partial charge >= 0.3 is 5.69 Å². The molecule has 106 valence electrons. The molecule has 0 amide bonds. The zero-order valence-electron chi connectivity index (χ0n) is 11.4. The topological polar surface area (TPSA) is 48.1 Å². The van der Waals surface area contributed by atoms with E-state index in [0.717, 1.165) is 10.9 Å². The molecule has 0 aliphatic rings. The summed E-state index contributed by atoms with van der Waals surface area (Å²) < 4.78 is 15.6. The molecule has 0 unspecified atom stereocenters. The second kappa shape index (κ2) is 5.01. The fourth-order valence-electron chi connectivity index (χ4n) is 2.45. The van der Waals surface area contributed by atoms with Gasteiger partial charge < -0.3 is 4.57 Å². The highest BCUT2D eigenvalue weighted by molar-refractivity contribution is 5.80. The van der Waals surface area contributed by atoms with Gasteiger partial charge in [0.2, 0.25) is 5.82 Å². The Morgan fingerprint density at radius 3 is 2.71 bits per heavy atom. The van der Waals surface area contributed by atoms with Crippen molar-refractivity contribution >= 4 is 16.6 Å². The third kappa shape index (κ3) is 2.50. The predicted molar refractivity (Wildman–Crippen MR) is 78.8 cm³/mol. The average Bonchev–Trinajstić information content (AvgIpc) is 2.80. The van der Waals surface area contributed by atoms with Crippen molar-refractivity contribution in [2.45, 2.75) is 13.5 Å².